The summed E-state index contributed by atoms with van der Waals surface area (Å²) in [6.07, 6.45) is 0.180. The Kier molecular flexibility index (Phi) is 6.08. The van der Waals surface area contributed by atoms with Gasteiger partial charge in [-0.1, -0.05) is 28.1 Å². The molecular formula is C19H19BrN4O2S. The maximum Gasteiger partial charge on any atom is 0.252 e. The molecule has 0 spiro atoms. The number of halogens is 1. The standard InChI is InChI=1S/C19H19BrN4O2S/c1-12-17(13-3-5-15(20)6-4-13)18(24(2)23-12)22-16(25)7-9-21-19(26)14-8-10-27-11-14/h3-6,8,10-11H,7,9H2,1-2H3,(H,21,26)(H,22,25). The van der Waals surface area contributed by atoms with E-state index >= 15 is 0 Å². The van der Waals surface area contributed by atoms with Crippen LogP contribution in [0.15, 0.2) is 45.6 Å². The second kappa shape index (κ2) is 8.49. The van der Waals surface area contributed by atoms with Gasteiger partial charge in [0.2, 0.25) is 5.91 Å². The molecule has 3 aromatic rings. The average Bonchev–Trinajstić information content (AvgIpc) is 3.25. The number of thiophene rings is 1. The van der Waals surface area contributed by atoms with Gasteiger partial charge in [-0.25, -0.2) is 0 Å². The lowest BCUT2D eigenvalue weighted by atomic mass is 10.1. The van der Waals surface area contributed by atoms with Crippen molar-refractivity contribution in [2.75, 3.05) is 11.9 Å². The van der Waals surface area contributed by atoms with E-state index in [0.29, 0.717) is 11.4 Å². The van der Waals surface area contributed by atoms with Crippen LogP contribution in [-0.4, -0.2) is 28.1 Å². The van der Waals surface area contributed by atoms with Crippen LogP contribution >= 0.6 is 27.3 Å². The molecule has 2 heterocycles. The first-order chi connectivity index (χ1) is 13.0. The van der Waals surface area contributed by atoms with Crippen LogP contribution in [0, 0.1) is 6.92 Å². The van der Waals surface area contributed by atoms with Gasteiger partial charge >= 0.3 is 0 Å². The largest absolute Gasteiger partial charge is 0.351 e. The topological polar surface area (TPSA) is 76.0 Å². The molecule has 0 aliphatic carbocycles. The number of anilines is 1. The lowest BCUT2D eigenvalue weighted by Gasteiger charge is -2.10. The van der Waals surface area contributed by atoms with E-state index in [1.165, 1.54) is 11.3 Å². The number of nitrogens with one attached hydrogen (secondary N) is 2. The van der Waals surface area contributed by atoms with Gasteiger partial charge in [-0.3, -0.25) is 14.3 Å². The first-order valence-electron chi connectivity index (χ1n) is 8.35. The van der Waals surface area contributed by atoms with Crippen LogP contribution in [0.3, 0.4) is 0 Å². The van der Waals surface area contributed by atoms with Crippen molar-refractivity contribution in [3.05, 3.63) is 56.8 Å². The van der Waals surface area contributed by atoms with Crippen molar-refractivity contribution in [1.82, 2.24) is 15.1 Å². The fourth-order valence-electron chi connectivity index (χ4n) is 2.74. The van der Waals surface area contributed by atoms with E-state index in [-0.39, 0.29) is 24.8 Å². The van der Waals surface area contributed by atoms with Gasteiger partial charge < -0.3 is 10.6 Å². The molecule has 0 unspecified atom stereocenters. The zero-order valence-corrected chi connectivity index (χ0v) is 17.4. The van der Waals surface area contributed by atoms with Crippen LogP contribution in [0.1, 0.15) is 22.5 Å². The van der Waals surface area contributed by atoms with Crippen LogP contribution in [0.4, 0.5) is 5.82 Å². The predicted octanol–water partition coefficient (Wildman–Crippen LogP) is 3.98. The Morgan fingerprint density at radius 3 is 2.63 bits per heavy atom. The third-order valence-electron chi connectivity index (χ3n) is 4.03. The molecule has 0 saturated carbocycles. The van der Waals surface area contributed by atoms with E-state index in [9.17, 15) is 9.59 Å². The number of hydrogen-bond acceptors (Lipinski definition) is 4. The van der Waals surface area contributed by atoms with Crippen LogP contribution in [0.25, 0.3) is 11.1 Å². The van der Waals surface area contributed by atoms with Gasteiger partial charge in [0.05, 0.1) is 5.69 Å². The van der Waals surface area contributed by atoms with Crippen molar-refractivity contribution >= 4 is 44.9 Å². The molecule has 3 rings (SSSR count). The zero-order chi connectivity index (χ0) is 19.4. The molecule has 0 bridgehead atoms. The highest BCUT2D eigenvalue weighted by Crippen LogP contribution is 2.31. The molecule has 0 radical (unpaired) electrons. The third-order valence-corrected chi connectivity index (χ3v) is 5.25. The number of aryl methyl sites for hydroxylation is 2. The van der Waals surface area contributed by atoms with Crippen LogP contribution in [-0.2, 0) is 11.8 Å². The van der Waals surface area contributed by atoms with E-state index in [4.69, 9.17) is 0 Å². The van der Waals surface area contributed by atoms with Crippen molar-refractivity contribution in [2.45, 2.75) is 13.3 Å². The summed E-state index contributed by atoms with van der Waals surface area (Å²) >= 11 is 4.89. The molecule has 0 aliphatic rings. The number of hydrogen-bond donors (Lipinski definition) is 2. The monoisotopic (exact) mass is 446 g/mol. The third kappa shape index (κ3) is 4.64. The minimum absolute atomic E-state index is 0.170. The highest BCUT2D eigenvalue weighted by molar-refractivity contribution is 9.10. The van der Waals surface area contributed by atoms with Gasteiger partial charge in [0, 0.05) is 41.0 Å². The molecule has 2 amide bonds. The Labute approximate surface area is 169 Å². The fraction of sp³-hybridized carbons (Fsp3) is 0.211. The number of nitrogens with zero attached hydrogens (tertiary/aromatic N) is 2. The van der Waals surface area contributed by atoms with Gasteiger partial charge in [-0.15, -0.1) is 0 Å². The summed E-state index contributed by atoms with van der Waals surface area (Å²) in [6.45, 7) is 2.18. The van der Waals surface area contributed by atoms with Crippen molar-refractivity contribution in [2.24, 2.45) is 7.05 Å². The number of carbonyl (C=O) groups excluding carboxylic acids is 2. The Bertz CT molecular complexity index is 949. The van der Waals surface area contributed by atoms with Gasteiger partial charge in [0.25, 0.3) is 5.91 Å². The Hall–Kier alpha value is -2.45. The molecule has 27 heavy (non-hydrogen) atoms. The molecule has 0 aliphatic heterocycles. The molecule has 0 atom stereocenters. The Morgan fingerprint density at radius 1 is 1.22 bits per heavy atom. The molecule has 140 valence electrons. The van der Waals surface area contributed by atoms with E-state index < -0.39 is 0 Å². The summed E-state index contributed by atoms with van der Waals surface area (Å²) in [5.74, 6) is 0.293. The van der Waals surface area contributed by atoms with Crippen molar-refractivity contribution in [3.63, 3.8) is 0 Å². The van der Waals surface area contributed by atoms with Crippen LogP contribution < -0.4 is 10.6 Å². The van der Waals surface area contributed by atoms with E-state index in [1.54, 1.807) is 23.2 Å². The quantitative estimate of drug-likeness (QED) is 0.600. The number of amides is 2. The fourth-order valence-corrected chi connectivity index (χ4v) is 3.64. The van der Waals surface area contributed by atoms with Gasteiger partial charge in [0.15, 0.2) is 0 Å². The minimum Gasteiger partial charge on any atom is -0.351 e. The van der Waals surface area contributed by atoms with E-state index in [2.05, 4.69) is 31.7 Å². The van der Waals surface area contributed by atoms with Gasteiger partial charge in [-0.2, -0.15) is 16.4 Å². The van der Waals surface area contributed by atoms with E-state index in [0.717, 1.165) is 21.3 Å². The number of benzene rings is 1. The molecule has 0 fully saturated rings. The molecule has 6 nitrogen and oxygen atoms in total. The normalized spacial score (nSPS) is 10.6. The zero-order valence-electron chi connectivity index (χ0n) is 15.0. The summed E-state index contributed by atoms with van der Waals surface area (Å²) in [5.41, 5.74) is 3.31. The first kappa shape index (κ1) is 19.3. The van der Waals surface area contributed by atoms with Crippen molar-refractivity contribution in [3.8, 4) is 11.1 Å². The second-order valence-corrected chi connectivity index (χ2v) is 7.70. The predicted molar refractivity (Wildman–Crippen MR) is 111 cm³/mol. The highest BCUT2D eigenvalue weighted by Gasteiger charge is 2.17. The Morgan fingerprint density at radius 2 is 1.96 bits per heavy atom. The lowest BCUT2D eigenvalue weighted by Crippen LogP contribution is -2.27. The van der Waals surface area contributed by atoms with Gasteiger partial charge in [-0.05, 0) is 36.1 Å². The van der Waals surface area contributed by atoms with Crippen LogP contribution in [0.5, 0.6) is 0 Å². The molecular weight excluding hydrogens is 428 g/mol. The SMILES string of the molecule is Cc1nn(C)c(NC(=O)CCNC(=O)c2ccsc2)c1-c1ccc(Br)cc1. The maximum atomic E-state index is 12.4. The number of aromatic nitrogens is 2. The summed E-state index contributed by atoms with van der Waals surface area (Å²) < 4.78 is 2.65. The molecule has 0 saturated heterocycles. The first-order valence-corrected chi connectivity index (χ1v) is 10.1. The van der Waals surface area contributed by atoms with Crippen molar-refractivity contribution in [1.29, 1.82) is 0 Å². The summed E-state index contributed by atoms with van der Waals surface area (Å²) in [4.78, 5) is 24.3. The maximum absolute atomic E-state index is 12.4. The highest BCUT2D eigenvalue weighted by atomic mass is 79.9. The van der Waals surface area contributed by atoms with Crippen LogP contribution in [0.2, 0.25) is 0 Å². The smallest absolute Gasteiger partial charge is 0.252 e. The summed E-state index contributed by atoms with van der Waals surface area (Å²) in [5, 5.41) is 13.7. The van der Waals surface area contributed by atoms with E-state index in [1.807, 2.05) is 36.6 Å². The molecule has 8 heteroatoms. The molecule has 2 N–H and O–H groups in total. The minimum atomic E-state index is -0.179. The summed E-state index contributed by atoms with van der Waals surface area (Å²) in [6, 6.07) is 9.61. The number of rotatable bonds is 6. The van der Waals surface area contributed by atoms with Crippen molar-refractivity contribution < 1.29 is 9.59 Å². The Balaban J connectivity index is 1.65. The van der Waals surface area contributed by atoms with Gasteiger partial charge in [0.1, 0.15) is 5.82 Å². The lowest BCUT2D eigenvalue weighted by molar-refractivity contribution is -0.116. The second-order valence-electron chi connectivity index (χ2n) is 6.01. The average molecular weight is 447 g/mol. The molecule has 2 aromatic heterocycles. The summed E-state index contributed by atoms with van der Waals surface area (Å²) in [7, 11) is 1.79. The number of carbonyl (C=O) groups is 2. The molecule has 1 aromatic carbocycles.